The normalized spacial score (nSPS) is 11.2. The highest BCUT2D eigenvalue weighted by Crippen LogP contribution is 2.29. The molecule has 1 aromatic heterocycles. The summed E-state index contributed by atoms with van der Waals surface area (Å²) in [5.41, 5.74) is 8.26. The zero-order valence-electron chi connectivity index (χ0n) is 11.6. The Labute approximate surface area is 123 Å². The standard InChI is InChI=1S/C15H20N2S2/c1-10(2)15-13(8-16)19-14(17-15)9-18-12-6-4-11(3)5-7-12/h4-7,10H,8-9,16H2,1-3H3. The molecule has 0 aliphatic carbocycles. The summed E-state index contributed by atoms with van der Waals surface area (Å²) in [4.78, 5) is 7.25. The van der Waals surface area contributed by atoms with Crippen LogP contribution in [0, 0.1) is 6.92 Å². The lowest BCUT2D eigenvalue weighted by molar-refractivity contribution is 0.808. The van der Waals surface area contributed by atoms with Crippen LogP contribution in [0.2, 0.25) is 0 Å². The van der Waals surface area contributed by atoms with Crippen LogP contribution >= 0.6 is 23.1 Å². The van der Waals surface area contributed by atoms with E-state index in [0.29, 0.717) is 12.5 Å². The molecule has 2 rings (SSSR count). The maximum absolute atomic E-state index is 5.79. The number of hydrogen-bond acceptors (Lipinski definition) is 4. The summed E-state index contributed by atoms with van der Waals surface area (Å²) in [5, 5.41) is 1.18. The van der Waals surface area contributed by atoms with E-state index in [1.54, 1.807) is 11.3 Å². The highest BCUT2D eigenvalue weighted by Gasteiger charge is 2.13. The lowest BCUT2D eigenvalue weighted by atomic mass is 10.1. The van der Waals surface area contributed by atoms with Gasteiger partial charge in [-0.1, -0.05) is 31.5 Å². The van der Waals surface area contributed by atoms with Gasteiger partial charge in [-0.25, -0.2) is 4.98 Å². The van der Waals surface area contributed by atoms with Gasteiger partial charge in [0.25, 0.3) is 0 Å². The summed E-state index contributed by atoms with van der Waals surface area (Å²) >= 11 is 3.59. The maximum atomic E-state index is 5.79. The van der Waals surface area contributed by atoms with E-state index >= 15 is 0 Å². The van der Waals surface area contributed by atoms with Crippen LogP contribution < -0.4 is 5.73 Å². The first-order valence-corrected chi connectivity index (χ1v) is 8.28. The minimum Gasteiger partial charge on any atom is -0.326 e. The highest BCUT2D eigenvalue weighted by molar-refractivity contribution is 7.98. The number of nitrogens with zero attached hydrogens (tertiary/aromatic N) is 1. The maximum Gasteiger partial charge on any atom is 0.103 e. The van der Waals surface area contributed by atoms with Gasteiger partial charge in [0.05, 0.1) is 11.4 Å². The van der Waals surface area contributed by atoms with Crippen molar-refractivity contribution in [2.24, 2.45) is 5.73 Å². The van der Waals surface area contributed by atoms with Gasteiger partial charge in [-0.2, -0.15) is 0 Å². The van der Waals surface area contributed by atoms with E-state index in [1.165, 1.54) is 26.0 Å². The first-order valence-electron chi connectivity index (χ1n) is 6.48. The predicted molar refractivity (Wildman–Crippen MR) is 84.8 cm³/mol. The molecule has 0 saturated heterocycles. The summed E-state index contributed by atoms with van der Waals surface area (Å²) < 4.78 is 0. The summed E-state index contributed by atoms with van der Waals surface area (Å²) in [5.74, 6) is 1.38. The van der Waals surface area contributed by atoms with Gasteiger partial charge in [0.15, 0.2) is 0 Å². The predicted octanol–water partition coefficient (Wildman–Crippen LogP) is 4.33. The molecule has 0 spiro atoms. The van der Waals surface area contributed by atoms with E-state index in [0.717, 1.165) is 5.75 Å². The average molecular weight is 292 g/mol. The van der Waals surface area contributed by atoms with Gasteiger partial charge < -0.3 is 5.73 Å². The SMILES string of the molecule is Cc1ccc(SCc2nc(C(C)C)c(CN)s2)cc1. The fraction of sp³-hybridized carbons (Fsp3) is 0.400. The van der Waals surface area contributed by atoms with E-state index in [1.807, 2.05) is 11.8 Å². The van der Waals surface area contributed by atoms with Gasteiger partial charge in [-0.05, 0) is 25.0 Å². The second-order valence-electron chi connectivity index (χ2n) is 4.88. The molecule has 2 N–H and O–H groups in total. The first kappa shape index (κ1) is 14.6. The van der Waals surface area contributed by atoms with Crippen molar-refractivity contribution in [3.8, 4) is 0 Å². The Kier molecular flexibility index (Phi) is 5.02. The zero-order chi connectivity index (χ0) is 13.8. The van der Waals surface area contributed by atoms with Crippen molar-refractivity contribution >= 4 is 23.1 Å². The van der Waals surface area contributed by atoms with E-state index in [-0.39, 0.29) is 0 Å². The topological polar surface area (TPSA) is 38.9 Å². The largest absolute Gasteiger partial charge is 0.326 e. The van der Waals surface area contributed by atoms with Gasteiger partial charge in [-0.3, -0.25) is 0 Å². The Balaban J connectivity index is 2.05. The molecule has 1 heterocycles. The second kappa shape index (κ2) is 6.55. The fourth-order valence-corrected chi connectivity index (χ4v) is 3.85. The summed E-state index contributed by atoms with van der Waals surface area (Å²) in [6.07, 6.45) is 0. The van der Waals surface area contributed by atoms with Crippen LogP contribution in [0.3, 0.4) is 0 Å². The van der Waals surface area contributed by atoms with Crippen LogP contribution in [-0.4, -0.2) is 4.98 Å². The molecule has 0 amide bonds. The monoisotopic (exact) mass is 292 g/mol. The summed E-state index contributed by atoms with van der Waals surface area (Å²) in [6, 6.07) is 8.63. The van der Waals surface area contributed by atoms with E-state index < -0.39 is 0 Å². The molecular formula is C15H20N2S2. The van der Waals surface area contributed by atoms with Crippen molar-refractivity contribution in [3.63, 3.8) is 0 Å². The van der Waals surface area contributed by atoms with E-state index in [2.05, 4.69) is 45.0 Å². The molecule has 0 fully saturated rings. The summed E-state index contributed by atoms with van der Waals surface area (Å²) in [7, 11) is 0. The van der Waals surface area contributed by atoms with E-state index in [9.17, 15) is 0 Å². The van der Waals surface area contributed by atoms with Crippen LogP contribution in [0.25, 0.3) is 0 Å². The third-order valence-electron chi connectivity index (χ3n) is 2.89. The Morgan fingerprint density at radius 2 is 1.95 bits per heavy atom. The van der Waals surface area contributed by atoms with Crippen LogP contribution in [0.1, 0.15) is 40.9 Å². The molecule has 19 heavy (non-hydrogen) atoms. The van der Waals surface area contributed by atoms with Crippen molar-refractivity contribution in [2.45, 2.75) is 43.9 Å². The van der Waals surface area contributed by atoms with Gasteiger partial charge >= 0.3 is 0 Å². The quantitative estimate of drug-likeness (QED) is 0.834. The van der Waals surface area contributed by atoms with E-state index in [4.69, 9.17) is 10.7 Å². The first-order chi connectivity index (χ1) is 9.10. The number of aryl methyl sites for hydroxylation is 1. The third kappa shape index (κ3) is 3.81. The Morgan fingerprint density at radius 3 is 2.47 bits per heavy atom. The Bertz CT molecular complexity index is 530. The molecule has 0 bridgehead atoms. The number of nitrogens with two attached hydrogens (primary N) is 1. The molecule has 2 nitrogen and oxygen atoms in total. The van der Waals surface area contributed by atoms with Gasteiger partial charge in [0, 0.05) is 16.3 Å². The Morgan fingerprint density at radius 1 is 1.26 bits per heavy atom. The minimum atomic E-state index is 0.452. The van der Waals surface area contributed by atoms with Crippen molar-refractivity contribution in [1.29, 1.82) is 0 Å². The zero-order valence-corrected chi connectivity index (χ0v) is 13.3. The molecule has 0 aliphatic rings. The molecule has 0 unspecified atom stereocenters. The van der Waals surface area contributed by atoms with Crippen molar-refractivity contribution in [1.82, 2.24) is 4.98 Å². The lowest BCUT2D eigenvalue weighted by Gasteiger charge is -2.02. The molecule has 0 atom stereocenters. The van der Waals surface area contributed by atoms with Crippen molar-refractivity contribution < 1.29 is 0 Å². The Hall–Kier alpha value is -0.840. The number of benzene rings is 1. The van der Waals surface area contributed by atoms with Gasteiger partial charge in [-0.15, -0.1) is 23.1 Å². The molecule has 0 saturated carbocycles. The number of thioether (sulfide) groups is 1. The molecule has 0 aliphatic heterocycles. The number of aromatic nitrogens is 1. The lowest BCUT2D eigenvalue weighted by Crippen LogP contribution is -1.99. The van der Waals surface area contributed by atoms with Gasteiger partial charge in [0.2, 0.25) is 0 Å². The number of rotatable bonds is 5. The molecule has 1 aromatic carbocycles. The molecule has 2 aromatic rings. The summed E-state index contributed by atoms with van der Waals surface area (Å²) in [6.45, 7) is 7.05. The van der Waals surface area contributed by atoms with Crippen molar-refractivity contribution in [3.05, 3.63) is 45.4 Å². The minimum absolute atomic E-state index is 0.452. The van der Waals surface area contributed by atoms with Crippen LogP contribution in [0.15, 0.2) is 29.2 Å². The fourth-order valence-electron chi connectivity index (χ4n) is 1.85. The van der Waals surface area contributed by atoms with Crippen LogP contribution in [0.5, 0.6) is 0 Å². The molecule has 0 radical (unpaired) electrons. The van der Waals surface area contributed by atoms with Crippen LogP contribution in [-0.2, 0) is 12.3 Å². The highest BCUT2D eigenvalue weighted by atomic mass is 32.2. The average Bonchev–Trinajstić information content (AvgIpc) is 2.81. The number of thiazole rings is 1. The molecule has 102 valence electrons. The van der Waals surface area contributed by atoms with Gasteiger partial charge in [0.1, 0.15) is 5.01 Å². The third-order valence-corrected chi connectivity index (χ3v) is 5.19. The smallest absolute Gasteiger partial charge is 0.103 e. The van der Waals surface area contributed by atoms with Crippen LogP contribution in [0.4, 0.5) is 0 Å². The number of hydrogen-bond donors (Lipinski definition) is 1. The molecule has 4 heteroatoms. The molecular weight excluding hydrogens is 272 g/mol. The van der Waals surface area contributed by atoms with Crippen molar-refractivity contribution in [2.75, 3.05) is 0 Å². The second-order valence-corrected chi connectivity index (χ2v) is 7.09.